The maximum atomic E-state index is 14.4. The molecule has 41 heavy (non-hydrogen) atoms. The van der Waals surface area contributed by atoms with Crippen molar-refractivity contribution in [3.63, 3.8) is 0 Å². The number of para-hydroxylation sites is 1. The van der Waals surface area contributed by atoms with E-state index in [9.17, 15) is 14.4 Å². The number of hydrogen-bond donors (Lipinski definition) is 2. The Morgan fingerprint density at radius 3 is 2.22 bits per heavy atom. The Labute approximate surface area is 251 Å². The van der Waals surface area contributed by atoms with Crippen LogP contribution in [0.25, 0.3) is 0 Å². The molecule has 226 valence electrons. The summed E-state index contributed by atoms with van der Waals surface area (Å²) in [7, 11) is 0. The fraction of sp³-hybridized carbons (Fsp3) is 0.545. The highest BCUT2D eigenvalue weighted by Gasteiger charge is 2.37. The number of carbonyl (C=O) groups excluding carboxylic acids is 3. The zero-order chi connectivity index (χ0) is 30.7. The minimum atomic E-state index is -0.879. The van der Waals surface area contributed by atoms with Gasteiger partial charge >= 0.3 is 6.09 Å². The second-order valence-corrected chi connectivity index (χ2v) is 12.7. The molecule has 8 heteroatoms. The minimum Gasteiger partial charge on any atom is -0.444 e. The second-order valence-electron chi connectivity index (χ2n) is 11.7. The van der Waals surface area contributed by atoms with Crippen LogP contribution >= 0.6 is 11.8 Å². The number of carbonyl (C=O) groups is 3. The SMILES string of the molecule is CCCCCN(C(=O)C(CCSC)NC(=O)OC(C)(C)C)C(C(=O)Nc1c(C)cccc1C)c1cc(C)ccc1C. The topological polar surface area (TPSA) is 87.7 Å². The number of unbranched alkanes of at least 4 members (excludes halogenated alkanes) is 2. The summed E-state index contributed by atoms with van der Waals surface area (Å²) in [4.78, 5) is 43.2. The lowest BCUT2D eigenvalue weighted by atomic mass is 9.95. The first kappa shape index (κ1) is 34.2. The number of nitrogens with one attached hydrogen (secondary N) is 2. The molecule has 0 saturated heterocycles. The molecular weight excluding hydrogens is 534 g/mol. The molecule has 0 saturated carbocycles. The highest BCUT2D eigenvalue weighted by Crippen LogP contribution is 2.30. The van der Waals surface area contributed by atoms with Crippen LogP contribution in [0.2, 0.25) is 0 Å². The monoisotopic (exact) mass is 583 g/mol. The molecule has 2 rings (SSSR count). The third-order valence-electron chi connectivity index (χ3n) is 6.90. The molecule has 0 heterocycles. The summed E-state index contributed by atoms with van der Waals surface area (Å²) in [6.07, 6.45) is 4.36. The molecule has 2 aromatic carbocycles. The third kappa shape index (κ3) is 10.4. The highest BCUT2D eigenvalue weighted by molar-refractivity contribution is 7.98. The van der Waals surface area contributed by atoms with E-state index in [4.69, 9.17) is 4.74 Å². The highest BCUT2D eigenvalue weighted by atomic mass is 32.2. The van der Waals surface area contributed by atoms with Crippen molar-refractivity contribution < 1.29 is 19.1 Å². The first-order valence-electron chi connectivity index (χ1n) is 14.5. The number of ether oxygens (including phenoxy) is 1. The molecule has 0 aliphatic rings. The van der Waals surface area contributed by atoms with Crippen molar-refractivity contribution in [2.75, 3.05) is 23.9 Å². The van der Waals surface area contributed by atoms with Gasteiger partial charge in [-0.05, 0) is 95.6 Å². The van der Waals surface area contributed by atoms with Gasteiger partial charge in [-0.15, -0.1) is 0 Å². The summed E-state index contributed by atoms with van der Waals surface area (Å²) in [6.45, 7) is 15.7. The average Bonchev–Trinajstić information content (AvgIpc) is 2.88. The van der Waals surface area contributed by atoms with Crippen molar-refractivity contribution >= 4 is 35.4 Å². The number of anilines is 1. The van der Waals surface area contributed by atoms with Gasteiger partial charge in [0.1, 0.15) is 17.7 Å². The van der Waals surface area contributed by atoms with Gasteiger partial charge < -0.3 is 20.3 Å². The molecule has 0 spiro atoms. The lowest BCUT2D eigenvalue weighted by Crippen LogP contribution is -2.53. The minimum absolute atomic E-state index is 0.276. The number of thioether (sulfide) groups is 1. The van der Waals surface area contributed by atoms with Gasteiger partial charge in [-0.1, -0.05) is 61.7 Å². The summed E-state index contributed by atoms with van der Waals surface area (Å²) in [5.41, 5.74) is 4.65. The number of alkyl carbamates (subject to hydrolysis) is 1. The Bertz CT molecular complexity index is 1170. The van der Waals surface area contributed by atoms with Crippen LogP contribution in [0, 0.1) is 27.7 Å². The van der Waals surface area contributed by atoms with Gasteiger partial charge in [0.15, 0.2) is 0 Å². The number of nitrogens with zero attached hydrogens (tertiary/aromatic N) is 1. The summed E-state index contributed by atoms with van der Waals surface area (Å²) >= 11 is 1.60. The van der Waals surface area contributed by atoms with E-state index in [0.29, 0.717) is 18.7 Å². The van der Waals surface area contributed by atoms with Crippen molar-refractivity contribution in [1.29, 1.82) is 0 Å². The molecular formula is C33H49N3O4S. The Morgan fingerprint density at radius 1 is 0.976 bits per heavy atom. The van der Waals surface area contributed by atoms with Crippen LogP contribution in [0.3, 0.4) is 0 Å². The van der Waals surface area contributed by atoms with Gasteiger partial charge in [-0.25, -0.2) is 4.79 Å². The van der Waals surface area contributed by atoms with Gasteiger partial charge in [0.2, 0.25) is 5.91 Å². The van der Waals surface area contributed by atoms with Crippen molar-refractivity contribution in [3.05, 3.63) is 64.2 Å². The number of benzene rings is 2. The molecule has 0 aliphatic carbocycles. The predicted octanol–water partition coefficient (Wildman–Crippen LogP) is 7.27. The lowest BCUT2D eigenvalue weighted by molar-refractivity contribution is -0.141. The fourth-order valence-corrected chi connectivity index (χ4v) is 5.22. The van der Waals surface area contributed by atoms with E-state index in [1.165, 1.54) is 0 Å². The van der Waals surface area contributed by atoms with E-state index in [2.05, 4.69) is 17.6 Å². The average molecular weight is 584 g/mol. The van der Waals surface area contributed by atoms with Gasteiger partial charge in [0.25, 0.3) is 5.91 Å². The van der Waals surface area contributed by atoms with Crippen LogP contribution in [-0.4, -0.2) is 53.0 Å². The van der Waals surface area contributed by atoms with Gasteiger partial charge in [-0.3, -0.25) is 9.59 Å². The predicted molar refractivity (Wildman–Crippen MR) is 171 cm³/mol. The molecule has 0 fully saturated rings. The lowest BCUT2D eigenvalue weighted by Gasteiger charge is -2.35. The quantitative estimate of drug-likeness (QED) is 0.242. The van der Waals surface area contributed by atoms with E-state index in [1.807, 2.05) is 70.3 Å². The number of rotatable bonds is 13. The zero-order valence-corrected chi connectivity index (χ0v) is 27.2. The molecule has 0 bridgehead atoms. The number of amides is 3. The summed E-state index contributed by atoms with van der Waals surface area (Å²) in [5, 5.41) is 5.98. The van der Waals surface area contributed by atoms with Crippen LogP contribution in [0.1, 0.15) is 87.2 Å². The van der Waals surface area contributed by atoms with Crippen LogP contribution in [0.4, 0.5) is 10.5 Å². The molecule has 0 aromatic heterocycles. The first-order chi connectivity index (χ1) is 19.3. The molecule has 2 unspecified atom stereocenters. The third-order valence-corrected chi connectivity index (χ3v) is 7.55. The second kappa shape index (κ2) is 15.9. The van der Waals surface area contributed by atoms with E-state index >= 15 is 0 Å². The van der Waals surface area contributed by atoms with Gasteiger partial charge in [-0.2, -0.15) is 11.8 Å². The fourth-order valence-electron chi connectivity index (χ4n) is 4.75. The maximum absolute atomic E-state index is 14.4. The summed E-state index contributed by atoms with van der Waals surface area (Å²) < 4.78 is 5.50. The Hall–Kier alpha value is -3.00. The van der Waals surface area contributed by atoms with E-state index < -0.39 is 23.8 Å². The first-order valence-corrected chi connectivity index (χ1v) is 15.9. The molecule has 3 amide bonds. The Balaban J connectivity index is 2.62. The largest absolute Gasteiger partial charge is 0.444 e. The van der Waals surface area contributed by atoms with Crippen molar-refractivity contribution in [3.8, 4) is 0 Å². The van der Waals surface area contributed by atoms with Crippen LogP contribution in [-0.2, 0) is 14.3 Å². The van der Waals surface area contributed by atoms with Gasteiger partial charge in [0, 0.05) is 12.2 Å². The maximum Gasteiger partial charge on any atom is 0.408 e. The van der Waals surface area contributed by atoms with Crippen molar-refractivity contribution in [1.82, 2.24) is 10.2 Å². The number of aryl methyl sites for hydroxylation is 4. The van der Waals surface area contributed by atoms with E-state index in [1.54, 1.807) is 37.4 Å². The zero-order valence-electron chi connectivity index (χ0n) is 26.3. The van der Waals surface area contributed by atoms with Gasteiger partial charge in [0.05, 0.1) is 0 Å². The van der Waals surface area contributed by atoms with Crippen molar-refractivity contribution in [2.24, 2.45) is 0 Å². The number of hydrogen-bond acceptors (Lipinski definition) is 5. The molecule has 7 nitrogen and oxygen atoms in total. The van der Waals surface area contributed by atoms with Crippen LogP contribution in [0.15, 0.2) is 36.4 Å². The Morgan fingerprint density at radius 2 is 1.63 bits per heavy atom. The molecule has 0 aliphatic heterocycles. The molecule has 2 atom stereocenters. The smallest absolute Gasteiger partial charge is 0.408 e. The summed E-state index contributed by atoms with van der Waals surface area (Å²) in [5.74, 6) is 0.1000. The normalized spacial score (nSPS) is 12.8. The van der Waals surface area contributed by atoms with Crippen molar-refractivity contribution in [2.45, 2.75) is 98.8 Å². The van der Waals surface area contributed by atoms with Crippen LogP contribution in [0.5, 0.6) is 0 Å². The standard InChI is InChI=1S/C33H49N3O4S/c1-10-11-12-19-36(31(38)27(18-20-41-9)34-32(39)40-33(6,7)8)29(26-21-22(2)16-17-23(26)3)30(37)35-28-24(4)14-13-15-25(28)5/h13-17,21,27,29H,10-12,18-20H2,1-9H3,(H,34,39)(H,35,37). The molecule has 2 aromatic rings. The molecule has 2 N–H and O–H groups in total. The van der Waals surface area contributed by atoms with E-state index in [-0.39, 0.29) is 11.8 Å². The summed E-state index contributed by atoms with van der Waals surface area (Å²) in [6, 6.07) is 10.2. The van der Waals surface area contributed by atoms with E-state index in [0.717, 1.165) is 52.8 Å². The Kier molecular flexibility index (Phi) is 13.2. The molecule has 0 radical (unpaired) electrons. The van der Waals surface area contributed by atoms with Crippen LogP contribution < -0.4 is 10.6 Å².